The van der Waals surface area contributed by atoms with Gasteiger partial charge in [0.15, 0.2) is 0 Å². The first-order valence-corrected chi connectivity index (χ1v) is 9.59. The van der Waals surface area contributed by atoms with Crippen LogP contribution >= 0.6 is 11.6 Å². The van der Waals surface area contributed by atoms with Crippen LogP contribution in [0, 0.1) is 6.92 Å². The maximum atomic E-state index is 12.1. The molecule has 0 radical (unpaired) electrons. The van der Waals surface area contributed by atoms with Gasteiger partial charge in [0.1, 0.15) is 0 Å². The lowest BCUT2D eigenvalue weighted by molar-refractivity contribution is 0.0955. The SMILES string of the molecule is Cc1cc(Cl)ccc1N(CCNC(=O)c1ccccc1)S(C)(=O)=O. The minimum absolute atomic E-state index is 0.139. The summed E-state index contributed by atoms with van der Waals surface area (Å²) in [5, 5.41) is 3.27. The minimum atomic E-state index is -3.48. The van der Waals surface area contributed by atoms with Gasteiger partial charge in [-0.25, -0.2) is 8.42 Å². The quantitative estimate of drug-likeness (QED) is 0.854. The van der Waals surface area contributed by atoms with Gasteiger partial charge in [-0.2, -0.15) is 0 Å². The molecule has 0 aliphatic heterocycles. The first-order chi connectivity index (χ1) is 11.3. The Morgan fingerprint density at radius 2 is 1.83 bits per heavy atom. The highest BCUT2D eigenvalue weighted by Gasteiger charge is 2.19. The lowest BCUT2D eigenvalue weighted by atomic mass is 10.2. The molecule has 1 N–H and O–H groups in total. The van der Waals surface area contributed by atoms with E-state index in [0.29, 0.717) is 16.3 Å². The second-order valence-corrected chi connectivity index (χ2v) is 7.73. The van der Waals surface area contributed by atoms with E-state index in [2.05, 4.69) is 5.32 Å². The topological polar surface area (TPSA) is 66.5 Å². The van der Waals surface area contributed by atoms with Crippen molar-refractivity contribution in [1.82, 2.24) is 5.32 Å². The highest BCUT2D eigenvalue weighted by molar-refractivity contribution is 7.92. The van der Waals surface area contributed by atoms with Gasteiger partial charge in [-0.3, -0.25) is 9.10 Å². The number of nitrogens with one attached hydrogen (secondary N) is 1. The average Bonchev–Trinajstić information content (AvgIpc) is 2.52. The minimum Gasteiger partial charge on any atom is -0.350 e. The number of sulfonamides is 1. The van der Waals surface area contributed by atoms with Crippen LogP contribution in [-0.2, 0) is 10.0 Å². The van der Waals surface area contributed by atoms with Gasteiger partial charge in [-0.05, 0) is 42.8 Å². The molecule has 7 heteroatoms. The van der Waals surface area contributed by atoms with E-state index in [9.17, 15) is 13.2 Å². The van der Waals surface area contributed by atoms with Gasteiger partial charge in [0.2, 0.25) is 10.0 Å². The van der Waals surface area contributed by atoms with E-state index < -0.39 is 10.0 Å². The van der Waals surface area contributed by atoms with Crippen LogP contribution in [0.3, 0.4) is 0 Å². The van der Waals surface area contributed by atoms with Crippen molar-refractivity contribution in [2.24, 2.45) is 0 Å². The van der Waals surface area contributed by atoms with Crippen LogP contribution in [0.25, 0.3) is 0 Å². The van der Waals surface area contributed by atoms with Gasteiger partial charge in [0.05, 0.1) is 18.5 Å². The van der Waals surface area contributed by atoms with Gasteiger partial charge in [-0.15, -0.1) is 0 Å². The Morgan fingerprint density at radius 1 is 1.17 bits per heavy atom. The predicted octanol–water partition coefficient (Wildman–Crippen LogP) is 2.84. The summed E-state index contributed by atoms with van der Waals surface area (Å²) in [5.74, 6) is -0.239. The summed E-state index contributed by atoms with van der Waals surface area (Å²) in [4.78, 5) is 12.0. The highest BCUT2D eigenvalue weighted by atomic mass is 35.5. The lowest BCUT2D eigenvalue weighted by Crippen LogP contribution is -2.38. The van der Waals surface area contributed by atoms with Gasteiger partial charge < -0.3 is 5.32 Å². The zero-order valence-electron chi connectivity index (χ0n) is 13.5. The molecule has 2 aromatic rings. The predicted molar refractivity (Wildman–Crippen MR) is 97.2 cm³/mol. The molecule has 0 aliphatic rings. The van der Waals surface area contributed by atoms with Crippen molar-refractivity contribution in [2.75, 3.05) is 23.7 Å². The van der Waals surface area contributed by atoms with Crippen molar-refractivity contribution in [3.05, 3.63) is 64.7 Å². The number of halogens is 1. The number of nitrogens with zero attached hydrogens (tertiary/aromatic N) is 1. The summed E-state index contributed by atoms with van der Waals surface area (Å²) in [6.45, 7) is 2.13. The van der Waals surface area contributed by atoms with Crippen molar-refractivity contribution in [2.45, 2.75) is 6.92 Å². The molecule has 2 rings (SSSR count). The number of amides is 1. The van der Waals surface area contributed by atoms with E-state index >= 15 is 0 Å². The van der Waals surface area contributed by atoms with Gasteiger partial charge in [0.25, 0.3) is 5.91 Å². The third kappa shape index (κ3) is 4.72. The maximum absolute atomic E-state index is 12.1. The van der Waals surface area contributed by atoms with Crippen LogP contribution in [0.5, 0.6) is 0 Å². The molecule has 0 heterocycles. The Labute approximate surface area is 147 Å². The molecule has 0 saturated heterocycles. The monoisotopic (exact) mass is 366 g/mol. The second-order valence-electron chi connectivity index (χ2n) is 5.39. The van der Waals surface area contributed by atoms with Gasteiger partial charge in [0, 0.05) is 17.1 Å². The molecule has 0 unspecified atom stereocenters. The zero-order valence-corrected chi connectivity index (χ0v) is 15.1. The molecular weight excluding hydrogens is 348 g/mol. The molecule has 2 aromatic carbocycles. The summed E-state index contributed by atoms with van der Waals surface area (Å²) >= 11 is 5.92. The standard InChI is InChI=1S/C17H19ClN2O3S/c1-13-12-15(18)8-9-16(13)20(24(2,22)23)11-10-19-17(21)14-6-4-3-5-7-14/h3-9,12H,10-11H2,1-2H3,(H,19,21). The smallest absolute Gasteiger partial charge is 0.251 e. The van der Waals surface area contributed by atoms with E-state index in [1.54, 1.807) is 49.4 Å². The molecule has 0 saturated carbocycles. The summed E-state index contributed by atoms with van der Waals surface area (Å²) in [6, 6.07) is 13.8. The first kappa shape index (κ1) is 18.3. The fraction of sp³-hybridized carbons (Fsp3) is 0.235. The summed E-state index contributed by atoms with van der Waals surface area (Å²) in [5.41, 5.74) is 1.84. The van der Waals surface area contributed by atoms with Gasteiger partial charge >= 0.3 is 0 Å². The highest BCUT2D eigenvalue weighted by Crippen LogP contribution is 2.25. The van der Waals surface area contributed by atoms with Crippen LogP contribution in [0.4, 0.5) is 5.69 Å². The normalized spacial score (nSPS) is 11.1. The summed E-state index contributed by atoms with van der Waals surface area (Å²) < 4.78 is 25.5. The van der Waals surface area contributed by atoms with Crippen molar-refractivity contribution in [3.8, 4) is 0 Å². The second kappa shape index (κ2) is 7.68. The lowest BCUT2D eigenvalue weighted by Gasteiger charge is -2.24. The third-order valence-corrected chi connectivity index (χ3v) is 4.88. The Hall–Kier alpha value is -2.05. The van der Waals surface area contributed by atoms with Crippen LogP contribution < -0.4 is 9.62 Å². The third-order valence-electron chi connectivity index (χ3n) is 3.46. The van der Waals surface area contributed by atoms with Crippen LogP contribution in [-0.4, -0.2) is 33.7 Å². The molecule has 0 bridgehead atoms. The number of rotatable bonds is 6. The van der Waals surface area contributed by atoms with Crippen LogP contribution in [0.1, 0.15) is 15.9 Å². The number of carbonyl (C=O) groups is 1. The summed E-state index contributed by atoms with van der Waals surface area (Å²) in [7, 11) is -3.48. The van der Waals surface area contributed by atoms with Crippen molar-refractivity contribution in [1.29, 1.82) is 0 Å². The number of benzene rings is 2. The molecule has 1 amide bonds. The fourth-order valence-corrected chi connectivity index (χ4v) is 3.54. The molecule has 0 spiro atoms. The van der Waals surface area contributed by atoms with Crippen molar-refractivity contribution in [3.63, 3.8) is 0 Å². The molecule has 128 valence electrons. The average molecular weight is 367 g/mol. The van der Waals surface area contributed by atoms with Crippen LogP contribution in [0.15, 0.2) is 48.5 Å². The Balaban J connectivity index is 2.09. The maximum Gasteiger partial charge on any atom is 0.251 e. The number of anilines is 1. The van der Waals surface area contributed by atoms with Crippen molar-refractivity contribution < 1.29 is 13.2 Å². The molecule has 0 aliphatic carbocycles. The molecular formula is C17H19ClN2O3S. The number of carbonyl (C=O) groups excluding carboxylic acids is 1. The summed E-state index contributed by atoms with van der Waals surface area (Å²) in [6.07, 6.45) is 1.14. The number of aryl methyl sites for hydroxylation is 1. The van der Waals surface area contributed by atoms with Gasteiger partial charge in [-0.1, -0.05) is 29.8 Å². The largest absolute Gasteiger partial charge is 0.350 e. The molecule has 0 atom stereocenters. The number of hydrogen-bond acceptors (Lipinski definition) is 3. The van der Waals surface area contributed by atoms with Crippen molar-refractivity contribution >= 4 is 33.2 Å². The van der Waals surface area contributed by atoms with E-state index in [1.165, 1.54) is 4.31 Å². The van der Waals surface area contributed by atoms with E-state index in [0.717, 1.165) is 11.8 Å². The van der Waals surface area contributed by atoms with Crippen LogP contribution in [0.2, 0.25) is 5.02 Å². The zero-order chi connectivity index (χ0) is 17.7. The van der Waals surface area contributed by atoms with E-state index in [4.69, 9.17) is 11.6 Å². The fourth-order valence-electron chi connectivity index (χ4n) is 2.33. The number of hydrogen-bond donors (Lipinski definition) is 1. The Morgan fingerprint density at radius 3 is 2.42 bits per heavy atom. The molecule has 5 nitrogen and oxygen atoms in total. The van der Waals surface area contributed by atoms with E-state index in [1.807, 2.05) is 6.07 Å². The Bertz CT molecular complexity index is 823. The Kier molecular flexibility index (Phi) is 5.85. The van der Waals surface area contributed by atoms with E-state index in [-0.39, 0.29) is 19.0 Å². The molecule has 0 aromatic heterocycles. The molecule has 24 heavy (non-hydrogen) atoms. The first-order valence-electron chi connectivity index (χ1n) is 7.36. The molecule has 0 fully saturated rings.